The molecule has 0 atom stereocenters. The highest BCUT2D eigenvalue weighted by atomic mass is 127. The molecule has 11 heavy (non-hydrogen) atoms. The smallest absolute Gasteiger partial charge is 0.132 e. The van der Waals surface area contributed by atoms with Gasteiger partial charge in [-0.05, 0) is 18.8 Å². The van der Waals surface area contributed by atoms with Crippen molar-refractivity contribution in [3.63, 3.8) is 0 Å². The van der Waals surface area contributed by atoms with E-state index in [0.717, 1.165) is 32.3 Å². The first kappa shape index (κ1) is 9.80. The average Bonchev–Trinajstić information content (AvgIpc) is 2.04. The first-order valence-corrected chi connectivity index (χ1v) is 7.03. The van der Waals surface area contributed by atoms with Crippen molar-refractivity contribution in [1.82, 2.24) is 0 Å². The largest absolute Gasteiger partial charge is 0.305 e. The van der Waals surface area contributed by atoms with Crippen LogP contribution in [-0.2, 0) is 8.98 Å². The number of hydrogen-bond acceptors (Lipinski definition) is 3. The molecule has 1 fully saturated rings. The third-order valence-corrected chi connectivity index (χ3v) is 3.00. The van der Waals surface area contributed by atoms with Crippen LogP contribution in [0.25, 0.3) is 0 Å². The molecule has 0 aromatic heterocycles. The standard InChI is InChI=1S/C7H11IO2S/c8-11-10-5-6-1-3-7(9)4-2-6/h6H,1-5H2. The molecule has 0 heterocycles. The minimum atomic E-state index is 0.420. The fourth-order valence-corrected chi connectivity index (χ4v) is 1.97. The Hall–Kier alpha value is 0.710. The third-order valence-electron chi connectivity index (χ3n) is 2.01. The number of ketones is 1. The van der Waals surface area contributed by atoms with Crippen LogP contribution in [0.4, 0.5) is 0 Å². The Morgan fingerprint density at radius 2 is 2.18 bits per heavy atom. The predicted molar refractivity (Wildman–Crippen MR) is 54.5 cm³/mol. The van der Waals surface area contributed by atoms with E-state index in [1.54, 1.807) is 0 Å². The molecule has 1 saturated carbocycles. The average molecular weight is 286 g/mol. The van der Waals surface area contributed by atoms with E-state index in [4.69, 9.17) is 4.18 Å². The minimum Gasteiger partial charge on any atom is -0.305 e. The highest BCUT2D eigenvalue weighted by Gasteiger charge is 2.18. The summed E-state index contributed by atoms with van der Waals surface area (Å²) in [6, 6.07) is 0. The van der Waals surface area contributed by atoms with E-state index in [1.807, 2.05) is 0 Å². The van der Waals surface area contributed by atoms with E-state index in [0.29, 0.717) is 11.7 Å². The summed E-state index contributed by atoms with van der Waals surface area (Å²) in [4.78, 5) is 10.8. The fraction of sp³-hybridized carbons (Fsp3) is 0.857. The van der Waals surface area contributed by atoms with Gasteiger partial charge in [-0.3, -0.25) is 4.79 Å². The van der Waals surface area contributed by atoms with Gasteiger partial charge in [-0.2, -0.15) is 0 Å². The topological polar surface area (TPSA) is 26.3 Å². The zero-order valence-corrected chi connectivity index (χ0v) is 9.19. The summed E-state index contributed by atoms with van der Waals surface area (Å²) in [5.41, 5.74) is 0. The number of hydrogen-bond donors (Lipinski definition) is 0. The van der Waals surface area contributed by atoms with Crippen LogP contribution >= 0.6 is 30.4 Å². The predicted octanol–water partition coefficient (Wildman–Crippen LogP) is 2.76. The van der Waals surface area contributed by atoms with Crippen LogP contribution in [0.2, 0.25) is 0 Å². The molecular weight excluding hydrogens is 275 g/mol. The molecule has 0 N–H and O–H groups in total. The zero-order valence-electron chi connectivity index (χ0n) is 6.22. The molecule has 64 valence electrons. The highest BCUT2D eigenvalue weighted by Crippen LogP contribution is 2.24. The van der Waals surface area contributed by atoms with Crippen molar-refractivity contribution >= 4 is 36.2 Å². The Kier molecular flexibility index (Phi) is 4.78. The maximum absolute atomic E-state index is 10.8. The summed E-state index contributed by atoms with van der Waals surface area (Å²) in [6.45, 7) is 0.806. The molecule has 0 radical (unpaired) electrons. The lowest BCUT2D eigenvalue weighted by atomic mass is 9.89. The normalized spacial score (nSPS) is 20.6. The lowest BCUT2D eigenvalue weighted by Gasteiger charge is -2.19. The maximum atomic E-state index is 10.8. The molecule has 0 aromatic rings. The van der Waals surface area contributed by atoms with Gasteiger partial charge in [0.05, 0.1) is 15.8 Å². The van der Waals surface area contributed by atoms with E-state index in [9.17, 15) is 4.79 Å². The number of carbonyl (C=O) groups excluding carboxylic acids is 1. The van der Waals surface area contributed by atoms with Crippen molar-refractivity contribution < 1.29 is 8.98 Å². The number of halogens is 1. The first-order chi connectivity index (χ1) is 5.33. The summed E-state index contributed by atoms with van der Waals surface area (Å²) >= 11 is 2.12. The SMILES string of the molecule is O=C1CCC(COSI)CC1. The van der Waals surface area contributed by atoms with Gasteiger partial charge in [-0.15, -0.1) is 0 Å². The quantitative estimate of drug-likeness (QED) is 0.589. The molecule has 1 rings (SSSR count). The Bertz CT molecular complexity index is 130. The molecule has 0 saturated heterocycles. The highest BCUT2D eigenvalue weighted by molar-refractivity contribution is 14.2. The van der Waals surface area contributed by atoms with Crippen LogP contribution in [0.3, 0.4) is 0 Å². The van der Waals surface area contributed by atoms with Gasteiger partial charge in [-0.1, -0.05) is 0 Å². The summed E-state index contributed by atoms with van der Waals surface area (Å²) in [5, 5.41) is 0. The van der Waals surface area contributed by atoms with E-state index in [2.05, 4.69) is 21.2 Å². The fourth-order valence-electron chi connectivity index (χ4n) is 1.29. The molecule has 0 unspecified atom stereocenters. The van der Waals surface area contributed by atoms with Crippen molar-refractivity contribution in [3.05, 3.63) is 0 Å². The van der Waals surface area contributed by atoms with Gasteiger partial charge >= 0.3 is 0 Å². The molecule has 1 aliphatic carbocycles. The Morgan fingerprint density at radius 3 is 2.73 bits per heavy atom. The summed E-state index contributed by atoms with van der Waals surface area (Å²) < 4.78 is 5.20. The molecule has 0 bridgehead atoms. The van der Waals surface area contributed by atoms with Crippen molar-refractivity contribution in [3.8, 4) is 0 Å². The van der Waals surface area contributed by atoms with Crippen molar-refractivity contribution in [1.29, 1.82) is 0 Å². The van der Waals surface area contributed by atoms with Crippen LogP contribution < -0.4 is 0 Å². The second-order valence-electron chi connectivity index (χ2n) is 2.83. The summed E-state index contributed by atoms with van der Waals surface area (Å²) in [5.74, 6) is 1.04. The molecule has 0 amide bonds. The van der Waals surface area contributed by atoms with Crippen LogP contribution in [0.5, 0.6) is 0 Å². The van der Waals surface area contributed by atoms with E-state index >= 15 is 0 Å². The van der Waals surface area contributed by atoms with Crippen molar-refractivity contribution in [2.45, 2.75) is 25.7 Å². The molecule has 0 spiro atoms. The van der Waals surface area contributed by atoms with Crippen molar-refractivity contribution in [2.75, 3.05) is 6.61 Å². The molecule has 2 nitrogen and oxygen atoms in total. The molecule has 4 heteroatoms. The number of carbonyl (C=O) groups is 1. The third kappa shape index (κ3) is 3.75. The second kappa shape index (κ2) is 5.37. The lowest BCUT2D eigenvalue weighted by Crippen LogP contribution is -2.16. The van der Waals surface area contributed by atoms with Crippen LogP contribution in [0.15, 0.2) is 0 Å². The van der Waals surface area contributed by atoms with Crippen molar-refractivity contribution in [2.24, 2.45) is 5.92 Å². The maximum Gasteiger partial charge on any atom is 0.132 e. The van der Waals surface area contributed by atoms with Crippen LogP contribution in [0, 0.1) is 5.92 Å². The monoisotopic (exact) mass is 286 g/mol. The number of rotatable bonds is 3. The van der Waals surface area contributed by atoms with Gasteiger partial charge < -0.3 is 4.18 Å². The Balaban J connectivity index is 2.12. The van der Waals surface area contributed by atoms with E-state index in [1.165, 1.54) is 9.21 Å². The van der Waals surface area contributed by atoms with Crippen LogP contribution in [-0.4, -0.2) is 12.4 Å². The second-order valence-corrected chi connectivity index (χ2v) is 4.27. The zero-order chi connectivity index (χ0) is 8.10. The molecular formula is C7H11IO2S. The Labute approximate surface area is 83.2 Å². The molecule has 1 aliphatic rings. The number of Topliss-reactive ketones (excluding diaryl/α,β-unsaturated/α-hetero) is 1. The van der Waals surface area contributed by atoms with Gasteiger partial charge in [-0.25, -0.2) is 0 Å². The van der Waals surface area contributed by atoms with Gasteiger partial charge in [0.25, 0.3) is 0 Å². The van der Waals surface area contributed by atoms with Crippen LogP contribution in [0.1, 0.15) is 25.7 Å². The summed E-state index contributed by atoms with van der Waals surface area (Å²) in [7, 11) is 1.38. The molecule has 0 aromatic carbocycles. The minimum absolute atomic E-state index is 0.420. The van der Waals surface area contributed by atoms with Gasteiger partial charge in [0.2, 0.25) is 0 Å². The van der Waals surface area contributed by atoms with E-state index in [-0.39, 0.29) is 0 Å². The Morgan fingerprint density at radius 1 is 1.55 bits per heavy atom. The summed E-state index contributed by atoms with van der Waals surface area (Å²) in [6.07, 6.45) is 3.58. The molecule has 0 aliphatic heterocycles. The lowest BCUT2D eigenvalue weighted by molar-refractivity contribution is -0.121. The first-order valence-electron chi connectivity index (χ1n) is 3.75. The van der Waals surface area contributed by atoms with E-state index < -0.39 is 0 Å². The van der Waals surface area contributed by atoms with Gasteiger partial charge in [0.15, 0.2) is 0 Å². The van der Waals surface area contributed by atoms with Gasteiger partial charge in [0.1, 0.15) is 5.78 Å². The van der Waals surface area contributed by atoms with Gasteiger partial charge in [0, 0.05) is 34.0 Å².